The van der Waals surface area contributed by atoms with Crippen molar-refractivity contribution in [1.29, 1.82) is 0 Å². The second-order valence-corrected chi connectivity index (χ2v) is 5.62. The van der Waals surface area contributed by atoms with E-state index in [2.05, 4.69) is 50.9 Å². The Bertz CT molecular complexity index is 579. The molecule has 0 saturated heterocycles. The molecule has 4 heteroatoms. The van der Waals surface area contributed by atoms with Gasteiger partial charge >= 0.3 is 0 Å². The molecule has 1 aromatic carbocycles. The molecule has 0 amide bonds. The van der Waals surface area contributed by atoms with Gasteiger partial charge in [0.1, 0.15) is 17.5 Å². The van der Waals surface area contributed by atoms with E-state index in [4.69, 9.17) is 0 Å². The molecule has 0 aliphatic heterocycles. The lowest BCUT2D eigenvalue weighted by Crippen LogP contribution is -2.09. The van der Waals surface area contributed by atoms with Gasteiger partial charge in [0.2, 0.25) is 0 Å². The highest BCUT2D eigenvalue weighted by Crippen LogP contribution is 2.24. The largest absolute Gasteiger partial charge is 0.370 e. The highest BCUT2D eigenvalue weighted by atomic mass is 15.1. The Labute approximate surface area is 126 Å². The standard InChI is InChI=1S/C17H22N4/c1-13-19-16(12-17(20-13)21-15-9-10-15)18-11-5-8-14-6-3-2-4-7-14/h2-4,6-7,12,15H,5,8-11H2,1H3,(H2,18,19,20,21). The van der Waals surface area contributed by atoms with Crippen LogP contribution in [0.3, 0.4) is 0 Å². The van der Waals surface area contributed by atoms with E-state index in [-0.39, 0.29) is 0 Å². The van der Waals surface area contributed by atoms with E-state index in [1.807, 2.05) is 13.0 Å². The molecule has 0 spiro atoms. The van der Waals surface area contributed by atoms with Crippen LogP contribution in [0.25, 0.3) is 0 Å². The summed E-state index contributed by atoms with van der Waals surface area (Å²) in [5, 5.41) is 6.82. The molecule has 2 N–H and O–H groups in total. The molecule has 0 atom stereocenters. The van der Waals surface area contributed by atoms with Gasteiger partial charge in [-0.3, -0.25) is 0 Å². The smallest absolute Gasteiger partial charge is 0.132 e. The van der Waals surface area contributed by atoms with Gasteiger partial charge in [-0.25, -0.2) is 9.97 Å². The fraction of sp³-hybridized carbons (Fsp3) is 0.412. The average Bonchev–Trinajstić information content (AvgIpc) is 3.28. The second kappa shape index (κ2) is 6.57. The molecule has 3 rings (SSSR count). The summed E-state index contributed by atoms with van der Waals surface area (Å²) in [5.74, 6) is 2.67. The topological polar surface area (TPSA) is 49.8 Å². The average molecular weight is 282 g/mol. The zero-order valence-electron chi connectivity index (χ0n) is 12.5. The van der Waals surface area contributed by atoms with Crippen molar-refractivity contribution >= 4 is 11.6 Å². The molecule has 1 fully saturated rings. The molecule has 1 aliphatic rings. The molecule has 110 valence electrons. The predicted molar refractivity (Wildman–Crippen MR) is 86.7 cm³/mol. The summed E-state index contributed by atoms with van der Waals surface area (Å²) in [7, 11) is 0. The summed E-state index contributed by atoms with van der Waals surface area (Å²) in [5.41, 5.74) is 1.38. The minimum atomic E-state index is 0.616. The van der Waals surface area contributed by atoms with Crippen molar-refractivity contribution in [2.75, 3.05) is 17.2 Å². The van der Waals surface area contributed by atoms with E-state index in [0.717, 1.165) is 36.8 Å². The summed E-state index contributed by atoms with van der Waals surface area (Å²) < 4.78 is 0. The van der Waals surface area contributed by atoms with Gasteiger partial charge in [0, 0.05) is 18.7 Å². The highest BCUT2D eigenvalue weighted by molar-refractivity contribution is 5.48. The number of benzene rings is 1. The molecule has 0 radical (unpaired) electrons. The van der Waals surface area contributed by atoms with Crippen LogP contribution in [0.2, 0.25) is 0 Å². The summed E-state index contributed by atoms with van der Waals surface area (Å²) >= 11 is 0. The zero-order valence-corrected chi connectivity index (χ0v) is 12.5. The number of nitrogens with one attached hydrogen (secondary N) is 2. The van der Waals surface area contributed by atoms with Gasteiger partial charge in [-0.15, -0.1) is 0 Å². The monoisotopic (exact) mass is 282 g/mol. The van der Waals surface area contributed by atoms with Gasteiger partial charge in [-0.2, -0.15) is 0 Å². The molecule has 2 aromatic rings. The molecular weight excluding hydrogens is 260 g/mol. The first-order valence-corrected chi connectivity index (χ1v) is 7.69. The van der Waals surface area contributed by atoms with Gasteiger partial charge in [-0.05, 0) is 38.2 Å². The van der Waals surface area contributed by atoms with E-state index in [0.29, 0.717) is 6.04 Å². The number of hydrogen-bond acceptors (Lipinski definition) is 4. The van der Waals surface area contributed by atoms with Crippen molar-refractivity contribution in [3.8, 4) is 0 Å². The predicted octanol–water partition coefficient (Wildman–Crippen LogP) is 3.40. The lowest BCUT2D eigenvalue weighted by atomic mass is 10.1. The second-order valence-electron chi connectivity index (χ2n) is 5.62. The van der Waals surface area contributed by atoms with Gasteiger partial charge < -0.3 is 10.6 Å². The number of aromatic nitrogens is 2. The van der Waals surface area contributed by atoms with Crippen molar-refractivity contribution in [2.45, 2.75) is 38.6 Å². The molecule has 1 saturated carbocycles. The maximum Gasteiger partial charge on any atom is 0.132 e. The number of nitrogens with zero attached hydrogens (tertiary/aromatic N) is 2. The SMILES string of the molecule is Cc1nc(NCCCc2ccccc2)cc(NC2CC2)n1. The van der Waals surface area contributed by atoms with Crippen molar-refractivity contribution in [1.82, 2.24) is 9.97 Å². The Hall–Kier alpha value is -2.10. The summed E-state index contributed by atoms with van der Waals surface area (Å²) in [6.45, 7) is 2.86. The quantitative estimate of drug-likeness (QED) is 0.764. The lowest BCUT2D eigenvalue weighted by molar-refractivity contribution is 0.856. The van der Waals surface area contributed by atoms with Crippen molar-refractivity contribution in [2.24, 2.45) is 0 Å². The van der Waals surface area contributed by atoms with Crippen LogP contribution in [0.4, 0.5) is 11.6 Å². The zero-order chi connectivity index (χ0) is 14.5. The third kappa shape index (κ3) is 4.45. The van der Waals surface area contributed by atoms with Crippen LogP contribution in [0.1, 0.15) is 30.7 Å². The van der Waals surface area contributed by atoms with Crippen molar-refractivity contribution in [3.63, 3.8) is 0 Å². The third-order valence-electron chi connectivity index (χ3n) is 3.56. The number of aryl methyl sites for hydroxylation is 2. The fourth-order valence-electron chi connectivity index (χ4n) is 2.32. The van der Waals surface area contributed by atoms with E-state index in [1.54, 1.807) is 0 Å². The summed E-state index contributed by atoms with van der Waals surface area (Å²) in [6, 6.07) is 13.2. The Morgan fingerprint density at radius 1 is 1.10 bits per heavy atom. The van der Waals surface area contributed by atoms with Crippen LogP contribution in [-0.4, -0.2) is 22.6 Å². The Kier molecular flexibility index (Phi) is 4.34. The minimum Gasteiger partial charge on any atom is -0.370 e. The van der Waals surface area contributed by atoms with Crippen LogP contribution >= 0.6 is 0 Å². The van der Waals surface area contributed by atoms with Crippen LogP contribution in [0, 0.1) is 6.92 Å². The highest BCUT2D eigenvalue weighted by Gasteiger charge is 2.21. The molecular formula is C17H22N4. The van der Waals surface area contributed by atoms with E-state index in [9.17, 15) is 0 Å². The molecule has 4 nitrogen and oxygen atoms in total. The number of anilines is 2. The molecule has 21 heavy (non-hydrogen) atoms. The maximum absolute atomic E-state index is 4.44. The van der Waals surface area contributed by atoms with Gasteiger partial charge in [0.15, 0.2) is 0 Å². The normalized spacial score (nSPS) is 14.0. The minimum absolute atomic E-state index is 0.616. The summed E-state index contributed by atoms with van der Waals surface area (Å²) in [6.07, 6.45) is 4.69. The first-order valence-electron chi connectivity index (χ1n) is 7.69. The van der Waals surface area contributed by atoms with E-state index in [1.165, 1.54) is 18.4 Å². The Balaban J connectivity index is 1.49. The van der Waals surface area contributed by atoms with E-state index < -0.39 is 0 Å². The fourth-order valence-corrected chi connectivity index (χ4v) is 2.32. The Morgan fingerprint density at radius 3 is 2.62 bits per heavy atom. The van der Waals surface area contributed by atoms with E-state index >= 15 is 0 Å². The first-order chi connectivity index (χ1) is 10.3. The molecule has 0 unspecified atom stereocenters. The molecule has 0 bridgehead atoms. The summed E-state index contributed by atoms with van der Waals surface area (Å²) in [4.78, 5) is 8.87. The first kappa shape index (κ1) is 13.9. The number of hydrogen-bond donors (Lipinski definition) is 2. The van der Waals surface area contributed by atoms with Crippen molar-refractivity contribution < 1.29 is 0 Å². The third-order valence-corrected chi connectivity index (χ3v) is 3.56. The Morgan fingerprint density at radius 2 is 1.86 bits per heavy atom. The van der Waals surface area contributed by atoms with Gasteiger partial charge in [0.05, 0.1) is 0 Å². The van der Waals surface area contributed by atoms with Crippen LogP contribution in [0.5, 0.6) is 0 Å². The number of rotatable bonds is 7. The van der Waals surface area contributed by atoms with Crippen LogP contribution < -0.4 is 10.6 Å². The maximum atomic E-state index is 4.44. The molecule has 1 aliphatic carbocycles. The molecule has 1 aromatic heterocycles. The van der Waals surface area contributed by atoms with Crippen molar-refractivity contribution in [3.05, 3.63) is 47.8 Å². The van der Waals surface area contributed by atoms with Crippen LogP contribution in [0.15, 0.2) is 36.4 Å². The van der Waals surface area contributed by atoms with Gasteiger partial charge in [-0.1, -0.05) is 30.3 Å². The lowest BCUT2D eigenvalue weighted by Gasteiger charge is -2.09. The molecule has 1 heterocycles. The van der Waals surface area contributed by atoms with Crippen LogP contribution in [-0.2, 0) is 6.42 Å². The van der Waals surface area contributed by atoms with Gasteiger partial charge in [0.25, 0.3) is 0 Å².